The molecule has 1 aliphatic heterocycles. The van der Waals surface area contributed by atoms with Crippen molar-refractivity contribution in [1.82, 2.24) is 10.2 Å². The zero-order valence-electron chi connectivity index (χ0n) is 11.4. The molecule has 0 radical (unpaired) electrons. The highest BCUT2D eigenvalue weighted by atomic mass is 16.4. The minimum Gasteiger partial charge on any atom is -0.478 e. The van der Waals surface area contributed by atoms with E-state index in [1.807, 2.05) is 20.8 Å². The van der Waals surface area contributed by atoms with Gasteiger partial charge < -0.3 is 15.3 Å². The van der Waals surface area contributed by atoms with E-state index in [-0.39, 0.29) is 17.1 Å². The van der Waals surface area contributed by atoms with E-state index in [0.717, 1.165) is 11.1 Å². The molecule has 5 nitrogen and oxygen atoms in total. The number of carboxylic acids is 1. The van der Waals surface area contributed by atoms with E-state index in [4.69, 9.17) is 5.11 Å². The Morgan fingerprint density at radius 1 is 1.21 bits per heavy atom. The third kappa shape index (κ3) is 3.05. The number of carboxylic acid groups (broad SMARTS) is 1. The molecule has 0 aliphatic carbocycles. The van der Waals surface area contributed by atoms with Gasteiger partial charge in [0.15, 0.2) is 0 Å². The summed E-state index contributed by atoms with van der Waals surface area (Å²) in [7, 11) is 0. The van der Waals surface area contributed by atoms with Crippen molar-refractivity contribution in [2.45, 2.75) is 39.4 Å². The summed E-state index contributed by atoms with van der Waals surface area (Å²) >= 11 is 0. The highest BCUT2D eigenvalue weighted by molar-refractivity contribution is 5.88. The molecular weight excluding hydrogens is 244 g/mol. The fraction of sp³-hybridized carbons (Fsp3) is 0.429. The summed E-state index contributed by atoms with van der Waals surface area (Å²) < 4.78 is 0. The molecule has 0 saturated carbocycles. The smallest absolute Gasteiger partial charge is 0.335 e. The van der Waals surface area contributed by atoms with Crippen molar-refractivity contribution < 1.29 is 14.7 Å². The molecule has 1 heterocycles. The SMILES string of the molecule is CC(C)(C)NC(=O)N1Cc2ccc(C(=O)O)cc2C1. The lowest BCUT2D eigenvalue weighted by atomic mass is 10.1. The van der Waals surface area contributed by atoms with Gasteiger partial charge in [-0.3, -0.25) is 0 Å². The lowest BCUT2D eigenvalue weighted by Crippen LogP contribution is -2.46. The summed E-state index contributed by atoms with van der Waals surface area (Å²) in [6, 6.07) is 4.87. The quantitative estimate of drug-likeness (QED) is 0.815. The lowest BCUT2D eigenvalue weighted by Gasteiger charge is -2.25. The molecule has 0 fully saturated rings. The maximum absolute atomic E-state index is 12.0. The van der Waals surface area contributed by atoms with Gasteiger partial charge in [0.1, 0.15) is 0 Å². The van der Waals surface area contributed by atoms with E-state index < -0.39 is 5.97 Å². The molecule has 0 bridgehead atoms. The molecule has 0 spiro atoms. The average molecular weight is 262 g/mol. The number of nitrogens with zero attached hydrogens (tertiary/aromatic N) is 1. The molecule has 2 rings (SSSR count). The van der Waals surface area contributed by atoms with Gasteiger partial charge in [0.05, 0.1) is 5.56 Å². The van der Waals surface area contributed by atoms with E-state index in [2.05, 4.69) is 5.32 Å². The Hall–Kier alpha value is -2.04. The molecule has 1 aliphatic rings. The number of urea groups is 1. The molecule has 2 N–H and O–H groups in total. The number of carbonyl (C=O) groups excluding carboxylic acids is 1. The fourth-order valence-corrected chi connectivity index (χ4v) is 2.07. The predicted octanol–water partition coefficient (Wildman–Crippen LogP) is 2.21. The number of benzene rings is 1. The normalized spacial score (nSPS) is 14.2. The van der Waals surface area contributed by atoms with Gasteiger partial charge in [-0.1, -0.05) is 6.07 Å². The number of rotatable bonds is 1. The molecule has 1 aromatic rings. The van der Waals surface area contributed by atoms with Crippen LogP contribution < -0.4 is 5.32 Å². The van der Waals surface area contributed by atoms with Crippen LogP contribution in [0.15, 0.2) is 18.2 Å². The Morgan fingerprint density at radius 2 is 1.84 bits per heavy atom. The van der Waals surface area contributed by atoms with Gasteiger partial charge in [-0.2, -0.15) is 0 Å². The van der Waals surface area contributed by atoms with E-state index in [0.29, 0.717) is 13.1 Å². The summed E-state index contributed by atoms with van der Waals surface area (Å²) in [6.45, 7) is 6.76. The number of hydrogen-bond acceptors (Lipinski definition) is 2. The van der Waals surface area contributed by atoms with Gasteiger partial charge in [0, 0.05) is 18.6 Å². The average Bonchev–Trinajstić information content (AvgIpc) is 2.68. The van der Waals surface area contributed by atoms with Crippen LogP contribution in [-0.2, 0) is 13.1 Å². The van der Waals surface area contributed by atoms with Crippen LogP contribution in [0.2, 0.25) is 0 Å². The standard InChI is InChI=1S/C14H18N2O3/c1-14(2,3)15-13(19)16-7-10-5-4-9(12(17)18)6-11(10)8-16/h4-6H,7-8H2,1-3H3,(H,15,19)(H,17,18). The van der Waals surface area contributed by atoms with Crippen molar-refractivity contribution >= 4 is 12.0 Å². The minimum atomic E-state index is -0.944. The second-order valence-corrected chi connectivity index (χ2v) is 5.82. The minimum absolute atomic E-state index is 0.124. The summed E-state index contributed by atoms with van der Waals surface area (Å²) in [6.07, 6.45) is 0. The molecular formula is C14H18N2O3. The highest BCUT2D eigenvalue weighted by Crippen LogP contribution is 2.24. The first-order chi connectivity index (χ1) is 8.76. The molecule has 1 aromatic carbocycles. The maximum Gasteiger partial charge on any atom is 0.335 e. The van der Waals surface area contributed by atoms with Crippen molar-refractivity contribution in [3.63, 3.8) is 0 Å². The number of fused-ring (bicyclic) bond motifs is 1. The third-order valence-corrected chi connectivity index (χ3v) is 2.94. The largest absolute Gasteiger partial charge is 0.478 e. The number of nitrogens with one attached hydrogen (secondary N) is 1. The lowest BCUT2D eigenvalue weighted by molar-refractivity contribution is 0.0696. The first-order valence-corrected chi connectivity index (χ1v) is 6.18. The maximum atomic E-state index is 12.0. The molecule has 0 saturated heterocycles. The second kappa shape index (κ2) is 4.57. The molecule has 102 valence electrons. The Bertz CT molecular complexity index is 532. The molecule has 0 atom stereocenters. The summed E-state index contributed by atoms with van der Waals surface area (Å²) in [5.74, 6) is -0.944. The van der Waals surface area contributed by atoms with E-state index >= 15 is 0 Å². The van der Waals surface area contributed by atoms with Crippen LogP contribution in [0.4, 0.5) is 4.79 Å². The predicted molar refractivity (Wildman–Crippen MR) is 70.9 cm³/mol. The number of carbonyl (C=O) groups is 2. The topological polar surface area (TPSA) is 69.6 Å². The first kappa shape index (κ1) is 13.4. The van der Waals surface area contributed by atoms with Crippen molar-refractivity contribution in [2.75, 3.05) is 0 Å². The van der Waals surface area contributed by atoms with Gasteiger partial charge in [0.25, 0.3) is 0 Å². The van der Waals surface area contributed by atoms with Gasteiger partial charge in [-0.25, -0.2) is 9.59 Å². The zero-order chi connectivity index (χ0) is 14.2. The Balaban J connectivity index is 2.12. The van der Waals surface area contributed by atoms with Crippen LogP contribution in [-0.4, -0.2) is 27.5 Å². The molecule has 5 heteroatoms. The fourth-order valence-electron chi connectivity index (χ4n) is 2.07. The third-order valence-electron chi connectivity index (χ3n) is 2.94. The Labute approximate surface area is 112 Å². The van der Waals surface area contributed by atoms with Crippen LogP contribution in [0.5, 0.6) is 0 Å². The van der Waals surface area contributed by atoms with Gasteiger partial charge >= 0.3 is 12.0 Å². The number of amides is 2. The zero-order valence-corrected chi connectivity index (χ0v) is 11.4. The summed E-state index contributed by atoms with van der Waals surface area (Å²) in [5.41, 5.74) is 1.90. The first-order valence-electron chi connectivity index (χ1n) is 6.18. The van der Waals surface area contributed by atoms with Crippen LogP contribution >= 0.6 is 0 Å². The molecule has 19 heavy (non-hydrogen) atoms. The second-order valence-electron chi connectivity index (χ2n) is 5.82. The number of aromatic carboxylic acids is 1. The van der Waals surface area contributed by atoms with Gasteiger partial charge in [0.2, 0.25) is 0 Å². The van der Waals surface area contributed by atoms with Crippen LogP contribution in [0.1, 0.15) is 42.3 Å². The van der Waals surface area contributed by atoms with Gasteiger partial charge in [-0.05, 0) is 44.0 Å². The van der Waals surface area contributed by atoms with Crippen molar-refractivity contribution in [3.05, 3.63) is 34.9 Å². The van der Waals surface area contributed by atoms with Crippen molar-refractivity contribution in [3.8, 4) is 0 Å². The van der Waals surface area contributed by atoms with Gasteiger partial charge in [-0.15, -0.1) is 0 Å². The van der Waals surface area contributed by atoms with E-state index in [1.165, 1.54) is 0 Å². The highest BCUT2D eigenvalue weighted by Gasteiger charge is 2.26. The summed E-state index contributed by atoms with van der Waals surface area (Å²) in [5, 5.41) is 11.9. The monoisotopic (exact) mass is 262 g/mol. The van der Waals surface area contributed by atoms with Crippen LogP contribution in [0.25, 0.3) is 0 Å². The molecule has 0 unspecified atom stereocenters. The summed E-state index contributed by atoms with van der Waals surface area (Å²) in [4.78, 5) is 24.6. The molecule has 0 aromatic heterocycles. The van der Waals surface area contributed by atoms with E-state index in [9.17, 15) is 9.59 Å². The Kier molecular flexibility index (Phi) is 3.22. The van der Waals surface area contributed by atoms with Crippen molar-refractivity contribution in [1.29, 1.82) is 0 Å². The van der Waals surface area contributed by atoms with Crippen LogP contribution in [0, 0.1) is 0 Å². The van der Waals surface area contributed by atoms with Crippen molar-refractivity contribution in [2.24, 2.45) is 0 Å². The van der Waals surface area contributed by atoms with Crippen LogP contribution in [0.3, 0.4) is 0 Å². The molecule has 2 amide bonds. The van der Waals surface area contributed by atoms with E-state index in [1.54, 1.807) is 23.1 Å². The number of hydrogen-bond donors (Lipinski definition) is 2. The Morgan fingerprint density at radius 3 is 2.42 bits per heavy atom.